The van der Waals surface area contributed by atoms with Gasteiger partial charge in [-0.1, -0.05) is 31.2 Å². The average molecular weight is 541 g/mol. The molecule has 4 aliphatic heterocycles. The Morgan fingerprint density at radius 1 is 1.11 bits per heavy atom. The van der Waals surface area contributed by atoms with E-state index in [0.29, 0.717) is 31.0 Å². The Morgan fingerprint density at radius 3 is 2.55 bits per heavy atom. The third kappa shape index (κ3) is 4.14. The maximum absolute atomic E-state index is 14.5. The Bertz CT molecular complexity index is 1150. The maximum Gasteiger partial charge on any atom is 0.311 e. The Hall–Kier alpha value is -2.78. The van der Waals surface area contributed by atoms with Gasteiger partial charge in [-0.2, -0.15) is 0 Å². The van der Waals surface area contributed by atoms with Gasteiger partial charge in [0.2, 0.25) is 5.91 Å². The molecule has 1 unspecified atom stereocenters. The summed E-state index contributed by atoms with van der Waals surface area (Å²) >= 11 is 1.52. The Morgan fingerprint density at radius 2 is 1.87 bits per heavy atom. The van der Waals surface area contributed by atoms with Crippen molar-refractivity contribution in [1.82, 2.24) is 4.90 Å². The van der Waals surface area contributed by atoms with Crippen LogP contribution >= 0.6 is 11.8 Å². The third-order valence-corrected chi connectivity index (χ3v) is 10.2. The number of likely N-dealkylation sites (tertiary alicyclic amines) is 1. The molecule has 204 valence electrons. The maximum atomic E-state index is 14.5. The SMILES string of the molecule is CC[C@@H](CO)N1C(=O)[C@@H]2[C@H]3C(=O)OCCCC/C=C\[C@@]3(C)S[C@@]23C=CCN(c2ccc(OC)cc2)C(=O)C13. The molecule has 6 atom stereocenters. The number of cyclic esters (lactones) is 1. The Balaban J connectivity index is 1.65. The summed E-state index contributed by atoms with van der Waals surface area (Å²) in [4.78, 5) is 45.6. The van der Waals surface area contributed by atoms with E-state index < -0.39 is 39.4 Å². The van der Waals surface area contributed by atoms with Gasteiger partial charge in [-0.05, 0) is 56.9 Å². The van der Waals surface area contributed by atoms with Crippen LogP contribution in [0.4, 0.5) is 5.69 Å². The molecule has 0 saturated carbocycles. The van der Waals surface area contributed by atoms with E-state index in [0.717, 1.165) is 19.3 Å². The zero-order valence-corrected chi connectivity index (χ0v) is 23.0. The molecule has 0 aliphatic carbocycles. The first-order valence-electron chi connectivity index (χ1n) is 13.4. The van der Waals surface area contributed by atoms with E-state index in [2.05, 4.69) is 6.08 Å². The lowest BCUT2D eigenvalue weighted by molar-refractivity contribution is -0.154. The highest BCUT2D eigenvalue weighted by atomic mass is 32.2. The van der Waals surface area contributed by atoms with Crippen molar-refractivity contribution in [3.05, 3.63) is 48.6 Å². The van der Waals surface area contributed by atoms with Gasteiger partial charge in [0.1, 0.15) is 11.8 Å². The lowest BCUT2D eigenvalue weighted by Gasteiger charge is -2.39. The lowest BCUT2D eigenvalue weighted by Crippen LogP contribution is -2.56. The molecule has 0 bridgehead atoms. The number of thioether (sulfide) groups is 1. The quantitative estimate of drug-likeness (QED) is 0.452. The fraction of sp³-hybridized carbons (Fsp3) is 0.552. The number of benzene rings is 1. The standard InChI is InChI=1S/C29H36N2O6S/c1-4-19(18-32)31-24-26(34)30(20-10-12-21(36-3)13-11-20)16-9-15-29(24)22(25(31)33)23-27(35)37-17-8-6-5-7-14-28(23,2)38-29/h7,9-15,19,22-24,32H,4-6,8,16-18H2,1-3H3/b14-7-/t19-,22-,23-,24?,28+,29-/m0/s1. The number of hydrogen-bond donors (Lipinski definition) is 1. The largest absolute Gasteiger partial charge is 0.497 e. The summed E-state index contributed by atoms with van der Waals surface area (Å²) in [5.74, 6) is -1.73. The number of aliphatic hydroxyl groups is 1. The number of carbonyl (C=O) groups is 3. The van der Waals surface area contributed by atoms with Crippen LogP contribution in [0.2, 0.25) is 0 Å². The van der Waals surface area contributed by atoms with Crippen molar-refractivity contribution in [3.63, 3.8) is 0 Å². The monoisotopic (exact) mass is 540 g/mol. The fourth-order valence-electron chi connectivity index (χ4n) is 6.54. The molecule has 1 N–H and O–H groups in total. The van der Waals surface area contributed by atoms with Gasteiger partial charge in [0, 0.05) is 17.0 Å². The molecule has 2 saturated heterocycles. The summed E-state index contributed by atoms with van der Waals surface area (Å²) in [5.41, 5.74) is 0.693. The van der Waals surface area contributed by atoms with Crippen LogP contribution in [0.15, 0.2) is 48.6 Å². The van der Waals surface area contributed by atoms with Gasteiger partial charge in [0.15, 0.2) is 0 Å². The molecule has 2 amide bonds. The summed E-state index contributed by atoms with van der Waals surface area (Å²) in [7, 11) is 1.59. The molecule has 4 heterocycles. The second kappa shape index (κ2) is 10.4. The van der Waals surface area contributed by atoms with Gasteiger partial charge in [-0.15, -0.1) is 11.8 Å². The lowest BCUT2D eigenvalue weighted by atomic mass is 9.74. The van der Waals surface area contributed by atoms with Crippen LogP contribution < -0.4 is 9.64 Å². The first-order valence-corrected chi connectivity index (χ1v) is 14.2. The smallest absolute Gasteiger partial charge is 0.311 e. The van der Waals surface area contributed by atoms with Gasteiger partial charge in [0.25, 0.3) is 5.91 Å². The molecule has 0 aromatic heterocycles. The van der Waals surface area contributed by atoms with Crippen molar-refractivity contribution in [1.29, 1.82) is 0 Å². The van der Waals surface area contributed by atoms with Gasteiger partial charge < -0.3 is 24.4 Å². The molecule has 4 aliphatic rings. The number of anilines is 1. The summed E-state index contributed by atoms with van der Waals surface area (Å²) in [6.45, 7) is 4.26. The molecule has 8 nitrogen and oxygen atoms in total. The van der Waals surface area contributed by atoms with Crippen LogP contribution in [-0.4, -0.2) is 76.2 Å². The highest BCUT2D eigenvalue weighted by Crippen LogP contribution is 2.65. The number of ether oxygens (including phenoxy) is 2. The molecular weight excluding hydrogens is 504 g/mol. The predicted molar refractivity (Wildman–Crippen MR) is 146 cm³/mol. The van der Waals surface area contributed by atoms with Crippen molar-refractivity contribution in [2.24, 2.45) is 11.8 Å². The normalized spacial score (nSPS) is 34.6. The van der Waals surface area contributed by atoms with Gasteiger partial charge >= 0.3 is 5.97 Å². The minimum atomic E-state index is -0.977. The number of allylic oxidation sites excluding steroid dienone is 1. The number of esters is 1. The molecular formula is C29H36N2O6S. The summed E-state index contributed by atoms with van der Waals surface area (Å²) in [6, 6.07) is 5.84. The number of aliphatic hydroxyl groups excluding tert-OH is 1. The summed E-state index contributed by atoms with van der Waals surface area (Å²) in [6.07, 6.45) is 11.1. The van der Waals surface area contributed by atoms with E-state index in [9.17, 15) is 19.5 Å². The van der Waals surface area contributed by atoms with Crippen molar-refractivity contribution in [2.45, 2.75) is 61.1 Å². The zero-order valence-electron chi connectivity index (χ0n) is 22.2. The number of amides is 2. The molecule has 1 aromatic rings. The minimum absolute atomic E-state index is 0.222. The average Bonchev–Trinajstić information content (AvgIpc) is 3.25. The van der Waals surface area contributed by atoms with Gasteiger partial charge in [0.05, 0.1) is 42.9 Å². The first kappa shape index (κ1) is 26.8. The zero-order chi connectivity index (χ0) is 27.1. The Kier molecular flexibility index (Phi) is 7.35. The summed E-state index contributed by atoms with van der Waals surface area (Å²) < 4.78 is 9.30. The van der Waals surface area contributed by atoms with Crippen LogP contribution in [0.3, 0.4) is 0 Å². The van der Waals surface area contributed by atoms with E-state index in [1.54, 1.807) is 29.0 Å². The van der Waals surface area contributed by atoms with Crippen LogP contribution in [0.5, 0.6) is 5.75 Å². The number of carbonyl (C=O) groups excluding carboxylic acids is 3. The second-order valence-electron chi connectivity index (χ2n) is 10.6. The first-order chi connectivity index (χ1) is 18.3. The van der Waals surface area contributed by atoms with Crippen LogP contribution in [-0.2, 0) is 19.1 Å². The molecule has 1 spiro atoms. The molecule has 2 fully saturated rings. The molecule has 0 radical (unpaired) electrons. The number of methoxy groups -OCH3 is 1. The fourth-order valence-corrected chi connectivity index (χ4v) is 8.68. The third-order valence-electron chi connectivity index (χ3n) is 8.40. The van der Waals surface area contributed by atoms with Gasteiger partial charge in [-0.3, -0.25) is 14.4 Å². The van der Waals surface area contributed by atoms with Crippen molar-refractivity contribution < 1.29 is 29.0 Å². The van der Waals surface area contributed by atoms with Crippen LogP contribution in [0, 0.1) is 11.8 Å². The van der Waals surface area contributed by atoms with Crippen LogP contribution in [0.25, 0.3) is 0 Å². The number of rotatable bonds is 5. The topological polar surface area (TPSA) is 96.4 Å². The second-order valence-corrected chi connectivity index (χ2v) is 12.4. The number of fused-ring (bicyclic) bond motifs is 2. The van der Waals surface area contributed by atoms with E-state index >= 15 is 0 Å². The molecule has 9 heteroatoms. The molecule has 38 heavy (non-hydrogen) atoms. The van der Waals surface area contributed by atoms with Crippen molar-refractivity contribution >= 4 is 35.2 Å². The Labute approximate surface area is 228 Å². The predicted octanol–water partition coefficient (Wildman–Crippen LogP) is 3.34. The van der Waals surface area contributed by atoms with Gasteiger partial charge in [-0.25, -0.2) is 0 Å². The summed E-state index contributed by atoms with van der Waals surface area (Å²) in [5, 5.41) is 10.3. The molecule has 5 rings (SSSR count). The van der Waals surface area contributed by atoms with Crippen LogP contribution in [0.1, 0.15) is 39.5 Å². The van der Waals surface area contributed by atoms with E-state index in [-0.39, 0.29) is 18.4 Å². The van der Waals surface area contributed by atoms with E-state index in [1.165, 1.54) is 11.8 Å². The molecule has 1 aromatic carbocycles. The van der Waals surface area contributed by atoms with Crippen molar-refractivity contribution in [3.8, 4) is 5.75 Å². The number of nitrogens with zero attached hydrogens (tertiary/aromatic N) is 2. The minimum Gasteiger partial charge on any atom is -0.497 e. The van der Waals surface area contributed by atoms with E-state index in [1.807, 2.05) is 44.2 Å². The highest BCUT2D eigenvalue weighted by molar-refractivity contribution is 8.02. The van der Waals surface area contributed by atoms with Crippen molar-refractivity contribution in [2.75, 3.05) is 31.8 Å². The highest BCUT2D eigenvalue weighted by Gasteiger charge is 2.74. The van der Waals surface area contributed by atoms with E-state index in [4.69, 9.17) is 9.47 Å². The number of hydrogen-bond acceptors (Lipinski definition) is 7.